The van der Waals surface area contributed by atoms with E-state index in [1.807, 2.05) is 0 Å². The van der Waals surface area contributed by atoms with Crippen LogP contribution in [-0.2, 0) is 33.5 Å². The third-order valence-corrected chi connectivity index (χ3v) is 6.78. The Hall–Kier alpha value is -4.84. The largest absolute Gasteiger partial charge is 0.480 e. The van der Waals surface area contributed by atoms with Crippen molar-refractivity contribution in [3.05, 3.63) is 41.1 Å². The number of carboxylic acids is 2. The van der Waals surface area contributed by atoms with Crippen molar-refractivity contribution in [2.24, 2.45) is 16.6 Å². The fourth-order valence-electron chi connectivity index (χ4n) is 3.58. The summed E-state index contributed by atoms with van der Waals surface area (Å²) >= 11 is 1.16. The summed E-state index contributed by atoms with van der Waals surface area (Å²) in [7, 11) is 1.20. The Balaban J connectivity index is 1.67. The molecule has 0 unspecified atom stereocenters. The number of hydrogen-bond donors (Lipinski definition) is 6. The normalized spacial score (nSPS) is 19.0. The summed E-state index contributed by atoms with van der Waals surface area (Å²) in [6, 6.07) is 3.16. The second-order valence-electron chi connectivity index (χ2n) is 8.09. The van der Waals surface area contributed by atoms with Gasteiger partial charge in [0.1, 0.15) is 43.5 Å². The molecule has 0 radical (unpaired) electrons. The number of fused-ring (bicyclic) bond motifs is 1. The summed E-state index contributed by atoms with van der Waals surface area (Å²) in [4.78, 5) is 76.9. The molecule has 0 saturated carbocycles. The van der Waals surface area contributed by atoms with E-state index in [1.54, 1.807) is 0 Å². The highest BCUT2D eigenvalue weighted by Gasteiger charge is 2.54. The first-order valence-electron chi connectivity index (χ1n) is 11.2. The molecule has 2 aliphatic heterocycles. The molecule has 0 aromatic heterocycles. The van der Waals surface area contributed by atoms with Crippen LogP contribution in [-0.4, -0.2) is 100 Å². The van der Waals surface area contributed by atoms with Crippen LogP contribution in [0.3, 0.4) is 0 Å². The molecule has 1 saturated heterocycles. The Morgan fingerprint density at radius 3 is 2.42 bits per heavy atom. The Morgan fingerprint density at radius 2 is 1.85 bits per heavy atom. The Bertz CT molecular complexity index is 1280. The van der Waals surface area contributed by atoms with Gasteiger partial charge in [0.05, 0.1) is 0 Å². The molecule has 40 heavy (non-hydrogen) atoms. The zero-order valence-electron chi connectivity index (χ0n) is 20.7. The third kappa shape index (κ3) is 6.77. The number of primary amides is 1. The molecule has 2 aliphatic rings. The lowest BCUT2D eigenvalue weighted by atomic mass is 10.0. The number of thioether (sulfide) groups is 1. The van der Waals surface area contributed by atoms with Crippen molar-refractivity contribution in [1.82, 2.24) is 10.2 Å². The Kier molecular flexibility index (Phi) is 9.51. The number of carbonyl (C=O) groups is 6. The molecule has 17 nitrogen and oxygen atoms in total. The molecule has 4 amide bonds. The summed E-state index contributed by atoms with van der Waals surface area (Å²) in [5.74, 6) is -4.13. The highest BCUT2D eigenvalue weighted by atomic mass is 32.2. The number of aliphatic carboxylic acids is 2. The van der Waals surface area contributed by atoms with Crippen molar-refractivity contribution in [2.45, 2.75) is 17.5 Å². The minimum Gasteiger partial charge on any atom is -0.480 e. The summed E-state index contributed by atoms with van der Waals surface area (Å²) in [5.41, 5.74) is 10.3. The molecule has 0 spiro atoms. The number of carbonyl (C=O) groups excluding carboxylic acids is 4. The number of amides is 4. The lowest BCUT2D eigenvalue weighted by Crippen LogP contribution is -2.71. The molecule has 18 heteroatoms. The van der Waals surface area contributed by atoms with Crippen LogP contribution in [0.15, 0.2) is 40.7 Å². The highest BCUT2D eigenvalue weighted by Crippen LogP contribution is 2.40. The van der Waals surface area contributed by atoms with Gasteiger partial charge in [0.25, 0.3) is 11.8 Å². The highest BCUT2D eigenvalue weighted by molar-refractivity contribution is 8.00. The van der Waals surface area contributed by atoms with Gasteiger partial charge in [-0.2, -0.15) is 0 Å². The average Bonchev–Trinajstić information content (AvgIpc) is 2.91. The number of oxime groups is 1. The zero-order chi connectivity index (χ0) is 29.6. The predicted octanol–water partition coefficient (Wildman–Crippen LogP) is -1.17. The quantitative estimate of drug-likeness (QED) is 0.102. The third-order valence-electron chi connectivity index (χ3n) is 5.44. The first-order valence-corrected chi connectivity index (χ1v) is 12.3. The van der Waals surface area contributed by atoms with Crippen molar-refractivity contribution in [3.8, 4) is 0 Å². The van der Waals surface area contributed by atoms with Gasteiger partial charge in [0.15, 0.2) is 5.71 Å². The number of rotatable bonds is 11. The fourth-order valence-corrected chi connectivity index (χ4v) is 4.91. The van der Waals surface area contributed by atoms with Gasteiger partial charge in [-0.3, -0.25) is 24.6 Å². The number of β-lactam (4-membered cyclic amide) rings is 1. The van der Waals surface area contributed by atoms with Crippen LogP contribution in [0.5, 0.6) is 0 Å². The van der Waals surface area contributed by atoms with Crippen molar-refractivity contribution in [3.63, 3.8) is 0 Å². The van der Waals surface area contributed by atoms with E-state index in [1.165, 1.54) is 31.4 Å². The number of benzene rings is 1. The maximum atomic E-state index is 13.0. The van der Waals surface area contributed by atoms with Crippen molar-refractivity contribution >= 4 is 59.1 Å². The van der Waals surface area contributed by atoms with Gasteiger partial charge in [-0.15, -0.1) is 11.8 Å². The maximum Gasteiger partial charge on any atom is 0.411 e. The zero-order valence-corrected chi connectivity index (χ0v) is 21.5. The summed E-state index contributed by atoms with van der Waals surface area (Å²) in [5, 5.41) is 26.2. The predicted molar refractivity (Wildman–Crippen MR) is 136 cm³/mol. The topological polar surface area (TPSA) is 262 Å². The van der Waals surface area contributed by atoms with Crippen LogP contribution in [0.4, 0.5) is 15.3 Å². The van der Waals surface area contributed by atoms with Crippen LogP contribution in [0.1, 0.15) is 5.56 Å². The first kappa shape index (κ1) is 29.7. The molecule has 0 bridgehead atoms. The fraction of sp³-hybridized carbons (Fsp3) is 0.318. The molecule has 8 N–H and O–H groups in total. The van der Waals surface area contributed by atoms with Gasteiger partial charge in [-0.05, 0) is 12.1 Å². The number of anilines is 1. The van der Waals surface area contributed by atoms with E-state index in [4.69, 9.17) is 26.1 Å². The van der Waals surface area contributed by atoms with Crippen LogP contribution in [0.2, 0.25) is 0 Å². The monoisotopic (exact) mass is 580 g/mol. The summed E-state index contributed by atoms with van der Waals surface area (Å²) in [6.45, 7) is -0.951. The molecule has 1 fully saturated rings. The Labute approximate surface area is 229 Å². The van der Waals surface area contributed by atoms with E-state index in [-0.39, 0.29) is 34.0 Å². The van der Waals surface area contributed by atoms with Gasteiger partial charge >= 0.3 is 24.1 Å². The smallest absolute Gasteiger partial charge is 0.411 e. The second-order valence-corrected chi connectivity index (χ2v) is 9.20. The van der Waals surface area contributed by atoms with Crippen LogP contribution in [0, 0.1) is 0 Å². The number of ether oxygens (including phenoxy) is 2. The molecular formula is C22H24N6O11S. The van der Waals surface area contributed by atoms with E-state index in [2.05, 4.69) is 20.5 Å². The molecular weight excluding hydrogens is 556 g/mol. The number of nitrogens with two attached hydrogens (primary N) is 2. The minimum absolute atomic E-state index is 0.105. The molecule has 0 aliphatic carbocycles. The van der Waals surface area contributed by atoms with E-state index >= 15 is 0 Å². The first-order chi connectivity index (χ1) is 18.9. The molecule has 3 rings (SSSR count). The van der Waals surface area contributed by atoms with Crippen molar-refractivity contribution in [1.29, 1.82) is 0 Å². The van der Waals surface area contributed by atoms with Crippen molar-refractivity contribution in [2.75, 3.05) is 31.4 Å². The van der Waals surface area contributed by atoms with Gasteiger partial charge in [-0.1, -0.05) is 17.3 Å². The minimum atomic E-state index is -1.41. The lowest BCUT2D eigenvalue weighted by Gasteiger charge is -2.49. The van der Waals surface area contributed by atoms with Gasteiger partial charge in [-0.25, -0.2) is 14.4 Å². The molecule has 1 aromatic rings. The standard InChI is InChI=1S/C22H24N6O11S/c1-37-27-13(9-2-4-11(5-3-9)25-22(36)39-7-12(23)19(31)32)16(29)26-14-17(30)28-15(20(33)34)10(6-38-21(24)35)8-40-18(14)28/h2-5,12,14,18H,6-8,23H2,1H3,(H2,24,35)(H,25,36)(H,26,29)(H,31,32)(H,33,34)/t12-,14-,18+/m1/s1. The summed E-state index contributed by atoms with van der Waals surface area (Å²) < 4.78 is 9.40. The molecule has 1 aromatic carbocycles. The van der Waals surface area contributed by atoms with Gasteiger partial charge in [0.2, 0.25) is 0 Å². The summed E-state index contributed by atoms with van der Waals surface area (Å²) in [6.07, 6.45) is -2.05. The number of nitrogens with one attached hydrogen (secondary N) is 2. The number of hydrogen-bond acceptors (Lipinski definition) is 12. The van der Waals surface area contributed by atoms with E-state index in [0.29, 0.717) is 0 Å². The van der Waals surface area contributed by atoms with E-state index in [9.17, 15) is 33.9 Å². The van der Waals surface area contributed by atoms with E-state index in [0.717, 1.165) is 16.7 Å². The van der Waals surface area contributed by atoms with Gasteiger partial charge in [0, 0.05) is 22.6 Å². The van der Waals surface area contributed by atoms with Crippen molar-refractivity contribution < 1.29 is 53.3 Å². The Morgan fingerprint density at radius 1 is 1.18 bits per heavy atom. The average molecular weight is 581 g/mol. The number of carboxylic acid groups (broad SMARTS) is 2. The second kappa shape index (κ2) is 12.8. The van der Waals surface area contributed by atoms with E-state index < -0.39 is 66.6 Å². The van der Waals surface area contributed by atoms with Crippen LogP contribution < -0.4 is 22.1 Å². The molecule has 214 valence electrons. The number of nitrogens with zero attached hydrogens (tertiary/aromatic N) is 2. The lowest BCUT2D eigenvalue weighted by molar-refractivity contribution is -0.150. The maximum absolute atomic E-state index is 13.0. The van der Waals surface area contributed by atoms with Crippen LogP contribution >= 0.6 is 11.8 Å². The molecule has 2 heterocycles. The van der Waals surface area contributed by atoms with Gasteiger partial charge < -0.3 is 41.3 Å². The van der Waals surface area contributed by atoms with Crippen LogP contribution in [0.25, 0.3) is 0 Å². The molecule has 3 atom stereocenters. The SMILES string of the molecule is CON=C(C(=O)N[C@@H]1C(=O)N2C(C(=O)O)=C(COC(N)=O)CS[C@@H]12)c1ccc(NC(=O)OC[C@@H](N)C(=O)O)cc1.